The Morgan fingerprint density at radius 3 is 2.47 bits per heavy atom. The average molecular weight is 247 g/mol. The lowest BCUT2D eigenvalue weighted by molar-refractivity contribution is -0.134. The van der Waals surface area contributed by atoms with Crippen molar-refractivity contribution in [2.75, 3.05) is 0 Å². The molecule has 0 spiro atoms. The van der Waals surface area contributed by atoms with Crippen molar-refractivity contribution in [2.45, 2.75) is 26.2 Å². The maximum Gasteiger partial charge on any atom is 0.311 e. The summed E-state index contributed by atoms with van der Waals surface area (Å²) in [6, 6.07) is 4.97. The molecule has 1 rings (SSSR count). The Balaban J connectivity index is 2.68. The summed E-state index contributed by atoms with van der Waals surface area (Å²) in [5.74, 6) is -0.0474. The normalized spacial score (nSPS) is 10.1. The molecule has 0 aliphatic carbocycles. The van der Waals surface area contributed by atoms with Crippen molar-refractivity contribution in [3.05, 3.63) is 28.2 Å². The first kappa shape index (κ1) is 12.3. The lowest BCUT2D eigenvalue weighted by atomic mass is 10.2. The molecule has 82 valence electrons. The minimum atomic E-state index is -0.299. The molecule has 15 heavy (non-hydrogen) atoms. The molecule has 0 unspecified atom stereocenters. The number of ether oxygens (including phenoxy) is 1. The molecule has 0 radical (unpaired) electrons. The van der Waals surface area contributed by atoms with Crippen molar-refractivity contribution in [1.29, 1.82) is 0 Å². The van der Waals surface area contributed by atoms with Gasteiger partial charge in [0.2, 0.25) is 0 Å². The summed E-state index contributed by atoms with van der Waals surface area (Å²) in [5.41, 5.74) is 0. The third-order valence-corrected chi connectivity index (χ3v) is 2.46. The molecule has 0 bridgehead atoms. The molecule has 0 heterocycles. The molecule has 0 aromatic heterocycles. The fourth-order valence-electron chi connectivity index (χ4n) is 1.07. The highest BCUT2D eigenvalue weighted by Gasteiger charge is 2.11. The van der Waals surface area contributed by atoms with Crippen LogP contribution in [0.15, 0.2) is 18.2 Å². The number of carbonyl (C=O) groups excluding carboxylic acids is 1. The van der Waals surface area contributed by atoms with Crippen LogP contribution in [0, 0.1) is 0 Å². The predicted octanol–water partition coefficient (Wildman–Crippen LogP) is 4.09. The topological polar surface area (TPSA) is 26.3 Å². The SMILES string of the molecule is CCCCC(=O)Oc1c(Cl)cccc1Cl. The quantitative estimate of drug-likeness (QED) is 0.591. The van der Waals surface area contributed by atoms with Crippen LogP contribution in [0.25, 0.3) is 0 Å². The second-order valence-electron chi connectivity index (χ2n) is 3.13. The van der Waals surface area contributed by atoms with E-state index >= 15 is 0 Å². The molecule has 0 saturated carbocycles. The van der Waals surface area contributed by atoms with Crippen molar-refractivity contribution in [1.82, 2.24) is 0 Å². The molecule has 0 saturated heterocycles. The van der Waals surface area contributed by atoms with E-state index in [1.165, 1.54) is 0 Å². The summed E-state index contributed by atoms with van der Waals surface area (Å²) < 4.78 is 5.08. The third-order valence-electron chi connectivity index (χ3n) is 1.87. The van der Waals surface area contributed by atoms with E-state index in [0.717, 1.165) is 12.8 Å². The van der Waals surface area contributed by atoms with Gasteiger partial charge in [0.25, 0.3) is 0 Å². The van der Waals surface area contributed by atoms with Gasteiger partial charge in [-0.1, -0.05) is 42.6 Å². The maximum absolute atomic E-state index is 11.3. The van der Waals surface area contributed by atoms with Crippen molar-refractivity contribution >= 4 is 29.2 Å². The van der Waals surface area contributed by atoms with Crippen LogP contribution in [0.5, 0.6) is 5.75 Å². The molecule has 2 nitrogen and oxygen atoms in total. The smallest absolute Gasteiger partial charge is 0.311 e. The van der Waals surface area contributed by atoms with Crippen LogP contribution in [-0.2, 0) is 4.79 Å². The molecule has 0 aliphatic rings. The van der Waals surface area contributed by atoms with Gasteiger partial charge in [-0.2, -0.15) is 0 Å². The molecular weight excluding hydrogens is 235 g/mol. The highest BCUT2D eigenvalue weighted by atomic mass is 35.5. The van der Waals surface area contributed by atoms with Gasteiger partial charge in [-0.25, -0.2) is 0 Å². The van der Waals surface area contributed by atoms with Crippen LogP contribution in [-0.4, -0.2) is 5.97 Å². The summed E-state index contributed by atoms with van der Waals surface area (Å²) in [4.78, 5) is 11.3. The monoisotopic (exact) mass is 246 g/mol. The first-order chi connectivity index (χ1) is 7.15. The van der Waals surface area contributed by atoms with Crippen molar-refractivity contribution in [3.8, 4) is 5.75 Å². The Labute approximate surface area is 99.1 Å². The van der Waals surface area contributed by atoms with E-state index in [0.29, 0.717) is 16.5 Å². The van der Waals surface area contributed by atoms with Gasteiger partial charge in [-0.15, -0.1) is 0 Å². The first-order valence-electron chi connectivity index (χ1n) is 4.80. The standard InChI is InChI=1S/C11H12Cl2O2/c1-2-3-7-10(14)15-11-8(12)5-4-6-9(11)13/h4-6H,2-3,7H2,1H3. The summed E-state index contributed by atoms with van der Waals surface area (Å²) in [7, 11) is 0. The first-order valence-corrected chi connectivity index (χ1v) is 5.55. The number of rotatable bonds is 4. The Kier molecular flexibility index (Phi) is 4.92. The molecule has 0 atom stereocenters. The van der Waals surface area contributed by atoms with Crippen LogP contribution in [0.1, 0.15) is 26.2 Å². The van der Waals surface area contributed by atoms with Gasteiger partial charge < -0.3 is 4.74 Å². The zero-order chi connectivity index (χ0) is 11.3. The number of hydrogen-bond donors (Lipinski definition) is 0. The lowest BCUT2D eigenvalue weighted by Crippen LogP contribution is -2.07. The Morgan fingerprint density at radius 1 is 1.33 bits per heavy atom. The van der Waals surface area contributed by atoms with Crippen LogP contribution >= 0.6 is 23.2 Å². The Hall–Kier alpha value is -0.730. The van der Waals surface area contributed by atoms with E-state index in [2.05, 4.69) is 0 Å². The third kappa shape index (κ3) is 3.73. The van der Waals surface area contributed by atoms with Crippen molar-refractivity contribution < 1.29 is 9.53 Å². The Bertz CT molecular complexity index is 330. The highest BCUT2D eigenvalue weighted by Crippen LogP contribution is 2.32. The second kappa shape index (κ2) is 5.99. The molecule has 0 N–H and O–H groups in total. The van der Waals surface area contributed by atoms with Crippen LogP contribution in [0.4, 0.5) is 0 Å². The van der Waals surface area contributed by atoms with Crippen molar-refractivity contribution in [2.24, 2.45) is 0 Å². The van der Waals surface area contributed by atoms with Crippen LogP contribution in [0.3, 0.4) is 0 Å². The molecule has 4 heteroatoms. The van der Waals surface area contributed by atoms with Gasteiger partial charge in [0.05, 0.1) is 10.0 Å². The molecule has 0 aliphatic heterocycles. The minimum absolute atomic E-state index is 0.252. The van der Waals surface area contributed by atoms with Crippen LogP contribution in [0.2, 0.25) is 10.0 Å². The summed E-state index contributed by atoms with van der Waals surface area (Å²) in [6.07, 6.45) is 2.14. The van der Waals surface area contributed by atoms with E-state index < -0.39 is 0 Å². The molecular formula is C11H12Cl2O2. The van der Waals surface area contributed by atoms with Gasteiger partial charge in [0, 0.05) is 6.42 Å². The average Bonchev–Trinajstić information content (AvgIpc) is 2.21. The number of carbonyl (C=O) groups is 1. The summed E-state index contributed by atoms with van der Waals surface area (Å²) in [5, 5.41) is 0.708. The van der Waals surface area contributed by atoms with Gasteiger partial charge in [0.1, 0.15) is 0 Å². The van der Waals surface area contributed by atoms with E-state index in [1.54, 1.807) is 18.2 Å². The fraction of sp³-hybridized carbons (Fsp3) is 0.364. The summed E-state index contributed by atoms with van der Waals surface area (Å²) >= 11 is 11.7. The van der Waals surface area contributed by atoms with E-state index in [-0.39, 0.29) is 11.7 Å². The van der Waals surface area contributed by atoms with Gasteiger partial charge in [-0.3, -0.25) is 4.79 Å². The van der Waals surface area contributed by atoms with Crippen molar-refractivity contribution in [3.63, 3.8) is 0 Å². The number of para-hydroxylation sites is 1. The predicted molar refractivity (Wildman–Crippen MR) is 61.6 cm³/mol. The molecule has 0 fully saturated rings. The summed E-state index contributed by atoms with van der Waals surface area (Å²) in [6.45, 7) is 2.01. The van der Waals surface area contributed by atoms with E-state index in [9.17, 15) is 4.79 Å². The molecule has 1 aromatic carbocycles. The van der Waals surface area contributed by atoms with E-state index in [4.69, 9.17) is 27.9 Å². The number of esters is 1. The largest absolute Gasteiger partial charge is 0.423 e. The number of unbranched alkanes of at least 4 members (excludes halogenated alkanes) is 1. The molecule has 1 aromatic rings. The highest BCUT2D eigenvalue weighted by molar-refractivity contribution is 6.37. The van der Waals surface area contributed by atoms with Gasteiger partial charge in [-0.05, 0) is 18.6 Å². The minimum Gasteiger partial charge on any atom is -0.423 e. The number of benzene rings is 1. The lowest BCUT2D eigenvalue weighted by Gasteiger charge is -2.07. The van der Waals surface area contributed by atoms with Gasteiger partial charge in [0.15, 0.2) is 5.75 Å². The maximum atomic E-state index is 11.3. The zero-order valence-electron chi connectivity index (χ0n) is 8.43. The fourth-order valence-corrected chi connectivity index (χ4v) is 1.54. The molecule has 0 amide bonds. The van der Waals surface area contributed by atoms with Crippen LogP contribution < -0.4 is 4.74 Å². The Morgan fingerprint density at radius 2 is 1.93 bits per heavy atom. The second-order valence-corrected chi connectivity index (χ2v) is 3.94. The zero-order valence-corrected chi connectivity index (χ0v) is 9.94. The van der Waals surface area contributed by atoms with Gasteiger partial charge >= 0.3 is 5.97 Å². The number of hydrogen-bond acceptors (Lipinski definition) is 2. The van der Waals surface area contributed by atoms with E-state index in [1.807, 2.05) is 6.92 Å². The number of halogens is 2.